The van der Waals surface area contributed by atoms with Gasteiger partial charge in [-0.2, -0.15) is 9.89 Å². The zero-order valence-corrected chi connectivity index (χ0v) is 15.9. The molecule has 27 heavy (non-hydrogen) atoms. The third kappa shape index (κ3) is 4.93. The van der Waals surface area contributed by atoms with Crippen LogP contribution in [0.1, 0.15) is 30.3 Å². The van der Waals surface area contributed by atoms with Crippen molar-refractivity contribution in [1.82, 2.24) is 9.89 Å². The van der Waals surface area contributed by atoms with Gasteiger partial charge in [-0.3, -0.25) is 14.6 Å². The molecule has 0 unspecified atom stereocenters. The topological polar surface area (TPSA) is 93.2 Å². The van der Waals surface area contributed by atoms with Gasteiger partial charge < -0.3 is 11.1 Å². The Balaban J connectivity index is 2.09. The number of nitrogens with zero attached hydrogens (tertiary/aromatic N) is 3. The highest BCUT2D eigenvalue weighted by molar-refractivity contribution is 5.91. The second-order valence-electron chi connectivity index (χ2n) is 6.28. The molecule has 0 atom stereocenters. The van der Waals surface area contributed by atoms with E-state index in [4.69, 9.17) is 5.73 Å². The number of anilines is 1. The molecule has 0 bridgehead atoms. The number of primary amides is 1. The van der Waals surface area contributed by atoms with Crippen molar-refractivity contribution in [3.05, 3.63) is 58.8 Å². The number of hydrogen-bond acceptors (Lipinski definition) is 4. The largest absolute Gasteiger partial charge is 0.366 e. The van der Waals surface area contributed by atoms with E-state index in [1.165, 1.54) is 18.2 Å². The SMILES string of the molecule is C/C(=C/C(N)=O)N(C)n1nc(C)c(CCC(=O)Nc2ccccc2F)c1C. The minimum atomic E-state index is -0.536. The summed E-state index contributed by atoms with van der Waals surface area (Å²) >= 11 is 0. The van der Waals surface area contributed by atoms with Crippen molar-refractivity contribution in [3.8, 4) is 0 Å². The van der Waals surface area contributed by atoms with Crippen LogP contribution >= 0.6 is 0 Å². The van der Waals surface area contributed by atoms with Gasteiger partial charge in [-0.15, -0.1) is 0 Å². The number of amides is 2. The van der Waals surface area contributed by atoms with E-state index in [0.29, 0.717) is 12.1 Å². The van der Waals surface area contributed by atoms with Crippen LogP contribution in [-0.2, 0) is 16.0 Å². The third-order valence-corrected chi connectivity index (χ3v) is 4.31. The van der Waals surface area contributed by atoms with Crippen molar-refractivity contribution < 1.29 is 14.0 Å². The Morgan fingerprint density at radius 2 is 2.00 bits per heavy atom. The van der Waals surface area contributed by atoms with Crippen LogP contribution in [0.3, 0.4) is 0 Å². The van der Waals surface area contributed by atoms with E-state index < -0.39 is 11.7 Å². The summed E-state index contributed by atoms with van der Waals surface area (Å²) in [6.45, 7) is 5.50. The highest BCUT2D eigenvalue weighted by atomic mass is 19.1. The smallest absolute Gasteiger partial charge is 0.243 e. The van der Waals surface area contributed by atoms with E-state index in [-0.39, 0.29) is 18.0 Å². The van der Waals surface area contributed by atoms with Crippen LogP contribution in [0.5, 0.6) is 0 Å². The lowest BCUT2D eigenvalue weighted by Crippen LogP contribution is -2.31. The Bertz CT molecular complexity index is 888. The highest BCUT2D eigenvalue weighted by Gasteiger charge is 2.16. The summed E-state index contributed by atoms with van der Waals surface area (Å²) in [5, 5.41) is 8.75. The molecule has 0 aliphatic heterocycles. The molecule has 0 saturated heterocycles. The lowest BCUT2D eigenvalue weighted by molar-refractivity contribution is -0.116. The Morgan fingerprint density at radius 3 is 2.63 bits per heavy atom. The van der Waals surface area contributed by atoms with Crippen molar-refractivity contribution >= 4 is 17.5 Å². The number of nitrogens with two attached hydrogens (primary N) is 1. The molecule has 0 aliphatic carbocycles. The first-order valence-corrected chi connectivity index (χ1v) is 8.52. The Morgan fingerprint density at radius 1 is 1.33 bits per heavy atom. The maximum absolute atomic E-state index is 13.6. The van der Waals surface area contributed by atoms with Gasteiger partial charge in [-0.1, -0.05) is 12.1 Å². The number of rotatable bonds is 7. The highest BCUT2D eigenvalue weighted by Crippen LogP contribution is 2.18. The summed E-state index contributed by atoms with van der Waals surface area (Å²) in [6.07, 6.45) is 1.98. The number of benzene rings is 1. The van der Waals surface area contributed by atoms with Crippen LogP contribution in [0, 0.1) is 19.7 Å². The number of nitrogens with one attached hydrogen (secondary N) is 1. The maximum atomic E-state index is 13.6. The summed E-state index contributed by atoms with van der Waals surface area (Å²) in [6, 6.07) is 6.04. The predicted molar refractivity (Wildman–Crippen MR) is 102 cm³/mol. The molecule has 2 amide bonds. The van der Waals surface area contributed by atoms with E-state index in [1.54, 1.807) is 35.9 Å². The van der Waals surface area contributed by atoms with E-state index in [2.05, 4.69) is 10.4 Å². The summed E-state index contributed by atoms with van der Waals surface area (Å²) in [7, 11) is 1.77. The number of aryl methyl sites for hydroxylation is 1. The van der Waals surface area contributed by atoms with Crippen molar-refractivity contribution in [2.24, 2.45) is 5.73 Å². The van der Waals surface area contributed by atoms with Gasteiger partial charge in [0.2, 0.25) is 11.8 Å². The lowest BCUT2D eigenvalue weighted by atomic mass is 10.1. The van der Waals surface area contributed by atoms with Crippen LogP contribution < -0.4 is 16.1 Å². The Hall–Kier alpha value is -3.16. The molecule has 8 heteroatoms. The van der Waals surface area contributed by atoms with Crippen LogP contribution in [0.4, 0.5) is 10.1 Å². The van der Waals surface area contributed by atoms with E-state index in [9.17, 15) is 14.0 Å². The molecular formula is C19H24FN5O2. The molecule has 1 aromatic heterocycles. The average Bonchev–Trinajstić information content (AvgIpc) is 2.88. The van der Waals surface area contributed by atoms with Crippen LogP contribution in [0.25, 0.3) is 0 Å². The second-order valence-corrected chi connectivity index (χ2v) is 6.28. The fraction of sp³-hybridized carbons (Fsp3) is 0.316. The van der Waals surface area contributed by atoms with Crippen molar-refractivity contribution in [2.75, 3.05) is 17.4 Å². The molecule has 144 valence electrons. The molecular weight excluding hydrogens is 349 g/mol. The summed E-state index contributed by atoms with van der Waals surface area (Å²) in [5.41, 5.74) is 8.56. The predicted octanol–water partition coefficient (Wildman–Crippen LogP) is 2.17. The van der Waals surface area contributed by atoms with Crippen LogP contribution in [0.15, 0.2) is 36.0 Å². The molecule has 0 fully saturated rings. The minimum Gasteiger partial charge on any atom is -0.366 e. The van der Waals surface area contributed by atoms with Gasteiger partial charge in [0.05, 0.1) is 17.1 Å². The molecule has 0 saturated carbocycles. The van der Waals surface area contributed by atoms with Gasteiger partial charge in [0, 0.05) is 25.2 Å². The van der Waals surface area contributed by atoms with Gasteiger partial charge in [-0.05, 0) is 44.9 Å². The molecule has 7 nitrogen and oxygen atoms in total. The van der Waals surface area contributed by atoms with Gasteiger partial charge in [0.1, 0.15) is 5.82 Å². The van der Waals surface area contributed by atoms with Crippen molar-refractivity contribution in [3.63, 3.8) is 0 Å². The molecule has 2 rings (SSSR count). The number of allylic oxidation sites excluding steroid dienone is 1. The minimum absolute atomic E-state index is 0.165. The monoisotopic (exact) mass is 373 g/mol. The molecule has 2 aromatic rings. The molecule has 0 radical (unpaired) electrons. The first-order chi connectivity index (χ1) is 12.7. The van der Waals surface area contributed by atoms with Crippen LogP contribution in [0.2, 0.25) is 0 Å². The molecule has 0 spiro atoms. The van der Waals surface area contributed by atoms with E-state index >= 15 is 0 Å². The van der Waals surface area contributed by atoms with Crippen molar-refractivity contribution in [1.29, 1.82) is 0 Å². The first kappa shape index (κ1) is 20.2. The fourth-order valence-corrected chi connectivity index (χ4v) is 2.78. The number of halogens is 1. The van der Waals surface area contributed by atoms with E-state index in [0.717, 1.165) is 17.0 Å². The summed E-state index contributed by atoms with van der Waals surface area (Å²) < 4.78 is 13.6. The normalized spacial score (nSPS) is 11.4. The molecule has 1 aromatic carbocycles. The number of carbonyl (C=O) groups excluding carboxylic acids is 2. The summed E-state index contributed by atoms with van der Waals surface area (Å²) in [5.74, 6) is -1.28. The van der Waals surface area contributed by atoms with Gasteiger partial charge >= 0.3 is 0 Å². The Kier molecular flexibility index (Phi) is 6.33. The lowest BCUT2D eigenvalue weighted by Gasteiger charge is -2.21. The third-order valence-electron chi connectivity index (χ3n) is 4.31. The number of para-hydroxylation sites is 1. The summed E-state index contributed by atoms with van der Waals surface area (Å²) in [4.78, 5) is 24.9. The quantitative estimate of drug-likeness (QED) is 0.728. The molecule has 0 aliphatic rings. The number of hydrogen-bond donors (Lipinski definition) is 2. The van der Waals surface area contributed by atoms with Crippen molar-refractivity contribution in [2.45, 2.75) is 33.6 Å². The van der Waals surface area contributed by atoms with Gasteiger partial charge in [0.25, 0.3) is 0 Å². The Labute approximate surface area is 157 Å². The van der Waals surface area contributed by atoms with E-state index in [1.807, 2.05) is 13.8 Å². The molecule has 1 heterocycles. The number of aromatic nitrogens is 2. The number of carbonyl (C=O) groups is 2. The molecule has 3 N–H and O–H groups in total. The zero-order chi connectivity index (χ0) is 20.1. The second kappa shape index (κ2) is 8.48. The van der Waals surface area contributed by atoms with Crippen LogP contribution in [-0.4, -0.2) is 28.8 Å². The standard InChI is InChI=1S/C19H24FN5O2/c1-12(11-18(21)26)24(4)25-14(3)15(13(2)23-25)9-10-19(27)22-17-8-6-5-7-16(17)20/h5-8,11H,9-10H2,1-4H3,(H2,21,26)(H,22,27)/b12-11-. The average molecular weight is 373 g/mol. The zero-order valence-electron chi connectivity index (χ0n) is 15.9. The van der Waals surface area contributed by atoms with Gasteiger partial charge in [-0.25, -0.2) is 4.39 Å². The maximum Gasteiger partial charge on any atom is 0.243 e. The fourth-order valence-electron chi connectivity index (χ4n) is 2.78. The van der Waals surface area contributed by atoms with Gasteiger partial charge in [0.15, 0.2) is 0 Å². The first-order valence-electron chi connectivity index (χ1n) is 8.52.